The van der Waals surface area contributed by atoms with Crippen molar-refractivity contribution in [3.63, 3.8) is 0 Å². The van der Waals surface area contributed by atoms with Crippen molar-refractivity contribution in [2.45, 2.75) is 200 Å². The van der Waals surface area contributed by atoms with E-state index in [1.165, 1.54) is 62.5 Å². The Balaban J connectivity index is 1.17. The number of hydrogen-bond acceptors (Lipinski definition) is 5. The molecule has 0 amide bonds. The van der Waals surface area contributed by atoms with Gasteiger partial charge < -0.3 is 24.8 Å². The summed E-state index contributed by atoms with van der Waals surface area (Å²) in [6.45, 7) is 12.8. The van der Waals surface area contributed by atoms with E-state index in [0.717, 1.165) is 95.8 Å². The maximum atomic E-state index is 13.2. The maximum Gasteiger partial charge on any atom is 0.309 e. The number of aliphatic hydroxyl groups is 2. The van der Waals surface area contributed by atoms with Crippen molar-refractivity contribution in [3.8, 4) is 11.8 Å². The van der Waals surface area contributed by atoms with Crippen LogP contribution >= 0.6 is 0 Å². The lowest BCUT2D eigenvalue weighted by Crippen LogP contribution is -2.75. The van der Waals surface area contributed by atoms with Crippen LogP contribution in [-0.2, 0) is 27.1 Å². The zero-order valence-electron chi connectivity index (χ0n) is 38.4. The fourth-order valence-electron chi connectivity index (χ4n) is 18.0. The van der Waals surface area contributed by atoms with Gasteiger partial charge in [0.1, 0.15) is 0 Å². The topological polar surface area (TPSA) is 96.2 Å². The first-order chi connectivity index (χ1) is 28.6. The number of rotatable bonds is 11. The summed E-state index contributed by atoms with van der Waals surface area (Å²) in [5.74, 6) is 8.12. The zero-order chi connectivity index (χ0) is 42.4. The monoisotopic (exact) mass is 825 g/mol. The molecule has 8 aliphatic rings. The van der Waals surface area contributed by atoms with Crippen LogP contribution in [0.1, 0.15) is 181 Å². The number of aliphatic hydroxyl groups excluding tert-OH is 1. The molecule has 1 aromatic carbocycles. The lowest BCUT2D eigenvalue weighted by atomic mass is 9.24. The van der Waals surface area contributed by atoms with Crippen LogP contribution in [0.4, 0.5) is 0 Å². The van der Waals surface area contributed by atoms with Crippen molar-refractivity contribution in [2.24, 2.45) is 67.5 Å². The molecule has 6 nitrogen and oxygen atoms in total. The van der Waals surface area contributed by atoms with E-state index in [0.29, 0.717) is 18.4 Å². The van der Waals surface area contributed by atoms with Crippen molar-refractivity contribution in [1.29, 1.82) is 0 Å². The fraction of sp³-hybridized carbons (Fsp3) is 0.833. The summed E-state index contributed by atoms with van der Waals surface area (Å²) in [7, 11) is 1.75. The number of aliphatic carboxylic acids is 1. The number of hydrogen-bond donors (Lipinski definition) is 3. The van der Waals surface area contributed by atoms with Gasteiger partial charge in [-0.3, -0.25) is 4.79 Å². The molecule has 0 unspecified atom stereocenters. The van der Waals surface area contributed by atoms with Gasteiger partial charge in [0.15, 0.2) is 5.79 Å². The molecule has 2 spiro atoms. The normalized spacial score (nSPS) is 48.3. The summed E-state index contributed by atoms with van der Waals surface area (Å²) < 4.78 is 12.5. The van der Waals surface area contributed by atoms with Crippen molar-refractivity contribution >= 4 is 5.97 Å². The van der Waals surface area contributed by atoms with E-state index in [4.69, 9.17) is 9.47 Å². The highest BCUT2D eigenvalue weighted by molar-refractivity contribution is 5.74. The lowest BCUT2D eigenvalue weighted by Gasteiger charge is -2.79. The second-order valence-electron chi connectivity index (χ2n) is 23.6. The van der Waals surface area contributed by atoms with Crippen molar-refractivity contribution in [2.75, 3.05) is 13.7 Å². The molecule has 14 atom stereocenters. The molecule has 332 valence electrons. The Kier molecular flexibility index (Phi) is 11.1. The summed E-state index contributed by atoms with van der Waals surface area (Å²) in [5.41, 5.74) is 0.723. The van der Waals surface area contributed by atoms with Gasteiger partial charge in [0.25, 0.3) is 0 Å². The molecule has 6 heteroatoms. The second-order valence-corrected chi connectivity index (χ2v) is 23.6. The predicted molar refractivity (Wildman–Crippen MR) is 237 cm³/mol. The lowest BCUT2D eigenvalue weighted by molar-refractivity contribution is -0.314. The first kappa shape index (κ1) is 43.3. The average molecular weight is 825 g/mol. The Morgan fingerprint density at radius 2 is 1.57 bits per heavy atom. The van der Waals surface area contributed by atoms with Gasteiger partial charge in [-0.2, -0.15) is 0 Å². The van der Waals surface area contributed by atoms with E-state index >= 15 is 0 Å². The van der Waals surface area contributed by atoms with Gasteiger partial charge in [0.2, 0.25) is 0 Å². The standard InChI is InChI=1S/C54H80O6/c1-7-11-42-53-32-31-52-23-10-14-38(16-15-37-12-8-9-13-37)21-24-51(43-36-48(3,46(56)57)26-25-47(43,2)27-29-50(51,52)5)30-28-49(52,4)45(53)41(55)35-54(42,58)60-44(53)34-40-19-17-39(18-20-40)22-33-59-6/h17-20,37-38,41-45,55,58H,7-9,11-16,21-22,24-36H2,1-6H3,(H,56,57)/t38-,41+,42-,43+,44-,45-,47-,48+,49-,50-,51+,52-,53+,54-/m0/s1. The van der Waals surface area contributed by atoms with E-state index in [9.17, 15) is 20.1 Å². The number of carboxylic acids is 1. The molecule has 1 heterocycles. The molecular weight excluding hydrogens is 745 g/mol. The minimum atomic E-state index is -1.34. The molecule has 7 aliphatic carbocycles. The molecule has 6 saturated carbocycles. The van der Waals surface area contributed by atoms with Gasteiger partial charge in [-0.25, -0.2) is 0 Å². The first-order valence-electron chi connectivity index (χ1n) is 25.0. The molecule has 3 N–H and O–H groups in total. The van der Waals surface area contributed by atoms with Crippen LogP contribution in [0.2, 0.25) is 0 Å². The molecule has 7 fully saturated rings. The smallest absolute Gasteiger partial charge is 0.309 e. The van der Waals surface area contributed by atoms with Gasteiger partial charge in [-0.1, -0.05) is 96.4 Å². The van der Waals surface area contributed by atoms with Crippen molar-refractivity contribution in [3.05, 3.63) is 35.4 Å². The fourth-order valence-corrected chi connectivity index (χ4v) is 18.0. The molecule has 0 aromatic heterocycles. The van der Waals surface area contributed by atoms with Crippen LogP contribution in [0, 0.1) is 79.3 Å². The van der Waals surface area contributed by atoms with Crippen LogP contribution in [-0.4, -0.2) is 53.0 Å². The third kappa shape index (κ3) is 6.17. The summed E-state index contributed by atoms with van der Waals surface area (Å²) in [6, 6.07) is 8.95. The highest BCUT2D eigenvalue weighted by Gasteiger charge is 2.82. The minimum Gasteiger partial charge on any atom is -0.481 e. The predicted octanol–water partition coefficient (Wildman–Crippen LogP) is 11.3. The highest BCUT2D eigenvalue weighted by Crippen LogP contribution is 2.85. The number of carbonyl (C=O) groups is 1. The summed E-state index contributed by atoms with van der Waals surface area (Å²) in [5, 5.41) is 36.4. The van der Waals surface area contributed by atoms with Crippen LogP contribution < -0.4 is 0 Å². The van der Waals surface area contributed by atoms with Crippen LogP contribution in [0.5, 0.6) is 0 Å². The maximum absolute atomic E-state index is 13.2. The van der Waals surface area contributed by atoms with Crippen molar-refractivity contribution in [1.82, 2.24) is 0 Å². The number of fused-ring (bicyclic) bond motifs is 3. The molecule has 0 radical (unpaired) electrons. The molecule has 1 aliphatic heterocycles. The molecule has 1 aromatic rings. The van der Waals surface area contributed by atoms with Gasteiger partial charge in [0.05, 0.1) is 24.2 Å². The Morgan fingerprint density at radius 1 is 0.850 bits per heavy atom. The number of carboxylic acid groups (broad SMARTS) is 1. The zero-order valence-corrected chi connectivity index (χ0v) is 38.4. The summed E-state index contributed by atoms with van der Waals surface area (Å²) in [6.07, 6.45) is 23.0. The quantitative estimate of drug-likeness (QED) is 0.192. The van der Waals surface area contributed by atoms with E-state index in [2.05, 4.69) is 70.7 Å². The van der Waals surface area contributed by atoms with E-state index < -0.39 is 23.3 Å². The Hall–Kier alpha value is -1.91. The third-order valence-corrected chi connectivity index (χ3v) is 21.2. The Morgan fingerprint density at radius 3 is 2.28 bits per heavy atom. The van der Waals surface area contributed by atoms with Crippen LogP contribution in [0.15, 0.2) is 24.3 Å². The Labute approximate surface area is 363 Å². The molecule has 9 rings (SSSR count). The Bertz CT molecular complexity index is 1830. The van der Waals surface area contributed by atoms with Gasteiger partial charge in [0, 0.05) is 42.6 Å². The largest absolute Gasteiger partial charge is 0.481 e. The molecular formula is C54H80O6. The molecule has 4 bridgehead atoms. The van der Waals surface area contributed by atoms with E-state index in [-0.39, 0.29) is 56.9 Å². The number of benzene rings is 1. The average Bonchev–Trinajstić information content (AvgIpc) is 3.79. The van der Waals surface area contributed by atoms with Gasteiger partial charge in [-0.05, 0) is 154 Å². The number of methoxy groups -OCH3 is 1. The molecule has 60 heavy (non-hydrogen) atoms. The van der Waals surface area contributed by atoms with Gasteiger partial charge >= 0.3 is 5.97 Å². The van der Waals surface area contributed by atoms with Crippen LogP contribution in [0.25, 0.3) is 0 Å². The second kappa shape index (κ2) is 15.4. The molecule has 1 saturated heterocycles. The highest BCUT2D eigenvalue weighted by atomic mass is 16.6. The van der Waals surface area contributed by atoms with E-state index in [1.807, 2.05) is 0 Å². The first-order valence-corrected chi connectivity index (χ1v) is 25.0. The summed E-state index contributed by atoms with van der Waals surface area (Å²) >= 11 is 0. The van der Waals surface area contributed by atoms with E-state index in [1.54, 1.807) is 7.11 Å². The number of ether oxygens (including phenoxy) is 2. The summed E-state index contributed by atoms with van der Waals surface area (Å²) in [4.78, 5) is 13.2. The van der Waals surface area contributed by atoms with Crippen LogP contribution in [0.3, 0.4) is 0 Å². The minimum absolute atomic E-state index is 0.0227. The third-order valence-electron chi connectivity index (χ3n) is 21.2. The van der Waals surface area contributed by atoms with Gasteiger partial charge in [-0.15, -0.1) is 5.92 Å². The van der Waals surface area contributed by atoms with Crippen molar-refractivity contribution < 1.29 is 29.6 Å². The SMILES string of the molecule is CCC[C@H]1[C@@]23CC[C@@]45C#CC[C@@H](CCC6CCCC6)CC[C@@]6(CC[C@@]4(C)[C@@H]2[C@H](O)C[C@]1(O)O[C@H]3Cc1ccc(CCOC)cc1)[C@@H]1C[C@](C)(C(=O)O)CC[C@@]1(C)CC[C@@]65C.